The highest BCUT2D eigenvalue weighted by Gasteiger charge is 2.46. The Kier molecular flexibility index (Phi) is 3.00. The van der Waals surface area contributed by atoms with Crippen LogP contribution in [0.1, 0.15) is 44.9 Å². The van der Waals surface area contributed by atoms with E-state index in [0.717, 1.165) is 12.5 Å². The molecule has 2 fully saturated rings. The number of benzene rings is 1. The Morgan fingerprint density at radius 2 is 1.61 bits per heavy atom. The predicted octanol–water partition coefficient (Wildman–Crippen LogP) is 4.49. The lowest BCUT2D eigenvalue weighted by atomic mass is 9.57. The highest BCUT2D eigenvalue weighted by atomic mass is 19.1. The number of anilines is 1. The molecule has 1 aromatic rings. The van der Waals surface area contributed by atoms with E-state index in [1.807, 2.05) is 0 Å². The molecule has 0 aromatic heterocycles. The number of halogens is 2. The van der Waals surface area contributed by atoms with Gasteiger partial charge in [-0.2, -0.15) is 0 Å². The summed E-state index contributed by atoms with van der Waals surface area (Å²) in [4.78, 5) is 0. The lowest BCUT2D eigenvalue weighted by Crippen LogP contribution is -2.50. The quantitative estimate of drug-likeness (QED) is 0.816. The van der Waals surface area contributed by atoms with E-state index in [0.29, 0.717) is 17.1 Å². The summed E-state index contributed by atoms with van der Waals surface area (Å²) < 4.78 is 26.3. The monoisotopic (exact) mass is 251 g/mol. The van der Waals surface area contributed by atoms with Crippen LogP contribution in [-0.4, -0.2) is 6.04 Å². The molecule has 0 bridgehead atoms. The standard InChI is InChI=1S/C15H19F2N/c16-11-8-12(17)10-13(9-11)18-14-4-7-15(14)5-2-1-3-6-15/h8-10,14,18H,1-7H2. The van der Waals surface area contributed by atoms with E-state index in [9.17, 15) is 8.78 Å². The van der Waals surface area contributed by atoms with Crippen LogP contribution in [-0.2, 0) is 0 Å². The van der Waals surface area contributed by atoms with E-state index >= 15 is 0 Å². The minimum Gasteiger partial charge on any atom is -0.382 e. The molecule has 3 heteroatoms. The molecular weight excluding hydrogens is 232 g/mol. The van der Waals surface area contributed by atoms with Gasteiger partial charge in [-0.3, -0.25) is 0 Å². The van der Waals surface area contributed by atoms with Gasteiger partial charge in [0.05, 0.1) is 0 Å². The van der Waals surface area contributed by atoms with Crippen molar-refractivity contribution < 1.29 is 8.78 Å². The number of hydrogen-bond acceptors (Lipinski definition) is 1. The first-order chi connectivity index (χ1) is 8.68. The molecule has 1 unspecified atom stereocenters. The van der Waals surface area contributed by atoms with E-state index in [2.05, 4.69) is 5.32 Å². The fourth-order valence-electron chi connectivity index (χ4n) is 3.61. The van der Waals surface area contributed by atoms with Gasteiger partial charge in [-0.25, -0.2) is 8.78 Å². The van der Waals surface area contributed by atoms with Gasteiger partial charge in [0.1, 0.15) is 11.6 Å². The molecule has 0 saturated heterocycles. The molecule has 3 rings (SSSR count). The number of hydrogen-bond donors (Lipinski definition) is 1. The zero-order valence-electron chi connectivity index (χ0n) is 10.5. The van der Waals surface area contributed by atoms with Crippen LogP contribution >= 0.6 is 0 Å². The summed E-state index contributed by atoms with van der Waals surface area (Å²) in [5, 5.41) is 3.34. The molecule has 1 N–H and O–H groups in total. The summed E-state index contributed by atoms with van der Waals surface area (Å²) in [5.74, 6) is -1.01. The molecule has 2 saturated carbocycles. The highest BCUT2D eigenvalue weighted by Crippen LogP contribution is 2.52. The van der Waals surface area contributed by atoms with Crippen molar-refractivity contribution in [3.8, 4) is 0 Å². The zero-order valence-corrected chi connectivity index (χ0v) is 10.5. The normalized spacial score (nSPS) is 25.8. The molecule has 1 atom stereocenters. The maximum absolute atomic E-state index is 13.2. The van der Waals surface area contributed by atoms with Gasteiger partial charge in [-0.05, 0) is 43.2 Å². The molecular formula is C15H19F2N. The van der Waals surface area contributed by atoms with E-state index in [1.165, 1.54) is 50.7 Å². The fraction of sp³-hybridized carbons (Fsp3) is 0.600. The zero-order chi connectivity index (χ0) is 12.6. The molecule has 0 aliphatic heterocycles. The lowest BCUT2D eigenvalue weighted by molar-refractivity contribution is 0.0571. The second kappa shape index (κ2) is 4.52. The predicted molar refractivity (Wildman–Crippen MR) is 68.5 cm³/mol. The van der Waals surface area contributed by atoms with Crippen molar-refractivity contribution >= 4 is 5.69 Å². The summed E-state index contributed by atoms with van der Waals surface area (Å²) in [6.45, 7) is 0. The second-order valence-electron chi connectivity index (χ2n) is 5.82. The first-order valence-electron chi connectivity index (χ1n) is 6.91. The van der Waals surface area contributed by atoms with Crippen molar-refractivity contribution in [2.75, 3.05) is 5.32 Å². The van der Waals surface area contributed by atoms with Gasteiger partial charge < -0.3 is 5.32 Å². The van der Waals surface area contributed by atoms with Crippen molar-refractivity contribution in [3.05, 3.63) is 29.8 Å². The van der Waals surface area contributed by atoms with Crippen molar-refractivity contribution in [1.82, 2.24) is 0 Å². The summed E-state index contributed by atoms with van der Waals surface area (Å²) in [6.07, 6.45) is 8.86. The second-order valence-corrected chi connectivity index (χ2v) is 5.82. The van der Waals surface area contributed by atoms with E-state index in [4.69, 9.17) is 0 Å². The molecule has 0 radical (unpaired) electrons. The first kappa shape index (κ1) is 11.9. The van der Waals surface area contributed by atoms with E-state index < -0.39 is 11.6 Å². The Balaban J connectivity index is 1.72. The molecule has 1 nitrogen and oxygen atoms in total. The van der Waals surface area contributed by atoms with Crippen molar-refractivity contribution in [2.24, 2.45) is 5.41 Å². The van der Waals surface area contributed by atoms with Gasteiger partial charge in [-0.1, -0.05) is 19.3 Å². The van der Waals surface area contributed by atoms with Gasteiger partial charge >= 0.3 is 0 Å². The molecule has 1 aromatic carbocycles. The van der Waals surface area contributed by atoms with Crippen LogP contribution in [0.15, 0.2) is 18.2 Å². The molecule has 0 amide bonds. The average Bonchev–Trinajstić information content (AvgIpc) is 2.35. The number of rotatable bonds is 2. The molecule has 2 aliphatic carbocycles. The maximum Gasteiger partial charge on any atom is 0.128 e. The van der Waals surface area contributed by atoms with E-state index in [-0.39, 0.29) is 0 Å². The van der Waals surface area contributed by atoms with E-state index in [1.54, 1.807) is 0 Å². The van der Waals surface area contributed by atoms with Crippen LogP contribution in [0.3, 0.4) is 0 Å². The third-order valence-electron chi connectivity index (χ3n) is 4.72. The van der Waals surface area contributed by atoms with Gasteiger partial charge in [0.2, 0.25) is 0 Å². The SMILES string of the molecule is Fc1cc(F)cc(NC2CCC23CCCCC3)c1. The molecule has 0 heterocycles. The van der Waals surface area contributed by atoms with Crippen molar-refractivity contribution in [1.29, 1.82) is 0 Å². The topological polar surface area (TPSA) is 12.0 Å². The van der Waals surface area contributed by atoms with Gasteiger partial charge in [-0.15, -0.1) is 0 Å². The smallest absolute Gasteiger partial charge is 0.128 e. The lowest BCUT2D eigenvalue weighted by Gasteiger charge is -2.52. The third kappa shape index (κ3) is 2.11. The van der Waals surface area contributed by atoms with Gasteiger partial charge in [0.15, 0.2) is 0 Å². The first-order valence-corrected chi connectivity index (χ1v) is 6.91. The van der Waals surface area contributed by atoms with Crippen LogP contribution in [0, 0.1) is 17.0 Å². The van der Waals surface area contributed by atoms with Crippen LogP contribution in [0.2, 0.25) is 0 Å². The number of nitrogens with one attached hydrogen (secondary N) is 1. The van der Waals surface area contributed by atoms with Crippen LogP contribution in [0.4, 0.5) is 14.5 Å². The average molecular weight is 251 g/mol. The Bertz CT molecular complexity index is 418. The summed E-state index contributed by atoms with van der Waals surface area (Å²) in [7, 11) is 0. The molecule has 2 aliphatic rings. The Morgan fingerprint density at radius 1 is 0.944 bits per heavy atom. The third-order valence-corrected chi connectivity index (χ3v) is 4.72. The fourth-order valence-corrected chi connectivity index (χ4v) is 3.61. The Hall–Kier alpha value is -1.12. The summed E-state index contributed by atoms with van der Waals surface area (Å²) in [5.41, 5.74) is 0.989. The van der Waals surface area contributed by atoms with Crippen LogP contribution in [0.5, 0.6) is 0 Å². The summed E-state index contributed by atoms with van der Waals surface area (Å²) in [6, 6.07) is 4.09. The van der Waals surface area contributed by atoms with Gasteiger partial charge in [0.25, 0.3) is 0 Å². The Labute approximate surface area is 107 Å². The van der Waals surface area contributed by atoms with Crippen LogP contribution in [0.25, 0.3) is 0 Å². The minimum atomic E-state index is -0.505. The molecule has 18 heavy (non-hydrogen) atoms. The Morgan fingerprint density at radius 3 is 2.17 bits per heavy atom. The minimum absolute atomic E-state index is 0.402. The van der Waals surface area contributed by atoms with Crippen molar-refractivity contribution in [3.63, 3.8) is 0 Å². The highest BCUT2D eigenvalue weighted by molar-refractivity contribution is 5.45. The molecule has 1 spiro atoms. The maximum atomic E-state index is 13.2. The van der Waals surface area contributed by atoms with Crippen molar-refractivity contribution in [2.45, 2.75) is 51.0 Å². The van der Waals surface area contributed by atoms with Crippen LogP contribution < -0.4 is 5.32 Å². The summed E-state index contributed by atoms with van der Waals surface area (Å²) >= 11 is 0. The largest absolute Gasteiger partial charge is 0.382 e. The molecule has 98 valence electrons. The van der Waals surface area contributed by atoms with Gasteiger partial charge in [0, 0.05) is 17.8 Å².